The van der Waals surface area contributed by atoms with Gasteiger partial charge in [0.05, 0.1) is 21.8 Å². The molecule has 0 unspecified atom stereocenters. The van der Waals surface area contributed by atoms with Crippen LogP contribution in [0.2, 0.25) is 0 Å². The standard InChI is InChI=1S/C21H14I2O5/c1-26-16-8-4-14(5-9-16)21(25)28-19-11-10-17(12-18(19)23)27-20(24)13-2-6-15(22)7-3-13/h2-12H,1H3. The van der Waals surface area contributed by atoms with E-state index in [9.17, 15) is 9.59 Å². The summed E-state index contributed by atoms with van der Waals surface area (Å²) in [6, 6.07) is 18.6. The lowest BCUT2D eigenvalue weighted by atomic mass is 10.2. The van der Waals surface area contributed by atoms with Crippen LogP contribution in [0, 0.1) is 7.14 Å². The highest BCUT2D eigenvalue weighted by atomic mass is 127. The minimum atomic E-state index is -0.482. The van der Waals surface area contributed by atoms with Crippen molar-refractivity contribution in [2.45, 2.75) is 0 Å². The molecule has 0 heterocycles. The van der Waals surface area contributed by atoms with Gasteiger partial charge < -0.3 is 14.2 Å². The number of halogens is 2. The first-order valence-corrected chi connectivity index (χ1v) is 10.3. The number of carbonyl (C=O) groups excluding carboxylic acids is 2. The van der Waals surface area contributed by atoms with Gasteiger partial charge in [-0.05, 0) is 112 Å². The van der Waals surface area contributed by atoms with Crippen LogP contribution >= 0.6 is 45.2 Å². The van der Waals surface area contributed by atoms with Crippen LogP contribution in [0.1, 0.15) is 20.7 Å². The Labute approximate surface area is 189 Å². The number of hydrogen-bond acceptors (Lipinski definition) is 5. The van der Waals surface area contributed by atoms with Crippen LogP contribution in [0.4, 0.5) is 0 Å². The first-order chi connectivity index (χ1) is 13.5. The van der Waals surface area contributed by atoms with Crippen LogP contribution in [-0.2, 0) is 0 Å². The minimum absolute atomic E-state index is 0.372. The van der Waals surface area contributed by atoms with E-state index >= 15 is 0 Å². The summed E-state index contributed by atoms with van der Waals surface area (Å²) in [4.78, 5) is 24.5. The maximum atomic E-state index is 12.3. The molecule has 3 rings (SSSR count). The highest BCUT2D eigenvalue weighted by molar-refractivity contribution is 14.1. The van der Waals surface area contributed by atoms with Gasteiger partial charge in [-0.2, -0.15) is 0 Å². The normalized spacial score (nSPS) is 10.2. The quantitative estimate of drug-likeness (QED) is 0.225. The molecule has 0 atom stereocenters. The van der Waals surface area contributed by atoms with Crippen LogP contribution < -0.4 is 14.2 Å². The van der Waals surface area contributed by atoms with Crippen molar-refractivity contribution in [2.75, 3.05) is 7.11 Å². The SMILES string of the molecule is COc1ccc(C(=O)Oc2ccc(OC(=O)c3ccc(I)cc3)cc2I)cc1. The monoisotopic (exact) mass is 600 g/mol. The van der Waals surface area contributed by atoms with Crippen molar-refractivity contribution in [3.63, 3.8) is 0 Å². The van der Waals surface area contributed by atoms with Gasteiger partial charge in [0.1, 0.15) is 17.2 Å². The number of methoxy groups -OCH3 is 1. The van der Waals surface area contributed by atoms with Crippen LogP contribution in [0.3, 0.4) is 0 Å². The molecule has 0 spiro atoms. The van der Waals surface area contributed by atoms with Gasteiger partial charge in [-0.1, -0.05) is 0 Å². The Morgan fingerprint density at radius 1 is 0.714 bits per heavy atom. The number of rotatable bonds is 5. The first-order valence-electron chi connectivity index (χ1n) is 8.10. The van der Waals surface area contributed by atoms with Crippen molar-refractivity contribution in [1.82, 2.24) is 0 Å². The van der Waals surface area contributed by atoms with E-state index in [0.717, 1.165) is 3.57 Å². The zero-order valence-electron chi connectivity index (χ0n) is 14.6. The molecule has 3 aromatic carbocycles. The number of benzene rings is 3. The van der Waals surface area contributed by atoms with E-state index in [-0.39, 0.29) is 0 Å². The molecule has 0 amide bonds. The topological polar surface area (TPSA) is 61.8 Å². The molecule has 142 valence electrons. The first kappa shape index (κ1) is 20.6. The summed E-state index contributed by atoms with van der Waals surface area (Å²) >= 11 is 4.19. The maximum absolute atomic E-state index is 12.3. The van der Waals surface area contributed by atoms with Crippen LogP contribution in [-0.4, -0.2) is 19.0 Å². The Hall–Kier alpha value is -2.14. The van der Waals surface area contributed by atoms with Gasteiger partial charge in [0.2, 0.25) is 0 Å². The molecule has 0 radical (unpaired) electrons. The number of carbonyl (C=O) groups is 2. The van der Waals surface area contributed by atoms with Crippen LogP contribution in [0.5, 0.6) is 17.2 Å². The third kappa shape index (κ3) is 5.22. The van der Waals surface area contributed by atoms with Crippen molar-refractivity contribution in [3.8, 4) is 17.2 Å². The second-order valence-corrected chi connectivity index (χ2v) is 8.01. The highest BCUT2D eigenvalue weighted by Crippen LogP contribution is 2.27. The second-order valence-electron chi connectivity index (χ2n) is 5.61. The smallest absolute Gasteiger partial charge is 0.343 e. The Bertz CT molecular complexity index is 998. The van der Waals surface area contributed by atoms with Crippen molar-refractivity contribution in [3.05, 3.63) is 85.0 Å². The molecule has 0 saturated carbocycles. The average molecular weight is 600 g/mol. The van der Waals surface area contributed by atoms with E-state index in [1.165, 1.54) is 0 Å². The fraction of sp³-hybridized carbons (Fsp3) is 0.0476. The van der Waals surface area contributed by atoms with E-state index in [2.05, 4.69) is 22.6 Å². The average Bonchev–Trinajstić information content (AvgIpc) is 2.70. The molecule has 3 aromatic rings. The van der Waals surface area contributed by atoms with Gasteiger partial charge in [0.25, 0.3) is 0 Å². The fourth-order valence-electron chi connectivity index (χ4n) is 2.27. The Morgan fingerprint density at radius 2 is 1.25 bits per heavy atom. The molecular weight excluding hydrogens is 586 g/mol. The molecule has 0 saturated heterocycles. The zero-order chi connectivity index (χ0) is 20.1. The molecule has 7 heteroatoms. The van der Waals surface area contributed by atoms with Crippen molar-refractivity contribution >= 4 is 57.1 Å². The molecule has 0 aromatic heterocycles. The number of ether oxygens (including phenoxy) is 3. The maximum Gasteiger partial charge on any atom is 0.343 e. The summed E-state index contributed by atoms with van der Waals surface area (Å²) in [6.45, 7) is 0. The predicted molar refractivity (Wildman–Crippen MR) is 121 cm³/mol. The van der Waals surface area contributed by atoms with E-state index < -0.39 is 11.9 Å². The Kier molecular flexibility index (Phi) is 6.89. The van der Waals surface area contributed by atoms with Gasteiger partial charge >= 0.3 is 11.9 Å². The third-order valence-corrected chi connectivity index (χ3v) is 5.28. The molecule has 0 N–H and O–H groups in total. The Balaban J connectivity index is 1.68. The zero-order valence-corrected chi connectivity index (χ0v) is 19.0. The van der Waals surface area contributed by atoms with Gasteiger partial charge in [0, 0.05) is 3.57 Å². The summed E-state index contributed by atoms with van der Waals surface area (Å²) < 4.78 is 17.6. The lowest BCUT2D eigenvalue weighted by Crippen LogP contribution is -2.10. The van der Waals surface area contributed by atoms with Crippen molar-refractivity contribution in [2.24, 2.45) is 0 Å². The lowest BCUT2D eigenvalue weighted by Gasteiger charge is -2.09. The Morgan fingerprint density at radius 3 is 1.82 bits per heavy atom. The molecule has 28 heavy (non-hydrogen) atoms. The summed E-state index contributed by atoms with van der Waals surface area (Å²) in [5.41, 5.74) is 0.872. The molecule has 0 fully saturated rings. The van der Waals surface area contributed by atoms with Gasteiger partial charge in [-0.3, -0.25) is 0 Å². The molecule has 0 aliphatic carbocycles. The molecule has 0 aliphatic heterocycles. The van der Waals surface area contributed by atoms with Crippen LogP contribution in [0.15, 0.2) is 66.7 Å². The predicted octanol–water partition coefficient (Wildman–Crippen LogP) is 5.34. The summed E-state index contributed by atoms with van der Waals surface area (Å²) in [6.07, 6.45) is 0. The largest absolute Gasteiger partial charge is 0.497 e. The van der Waals surface area contributed by atoms with E-state index in [4.69, 9.17) is 14.2 Å². The van der Waals surface area contributed by atoms with Gasteiger partial charge in [-0.15, -0.1) is 0 Å². The van der Waals surface area contributed by atoms with Crippen molar-refractivity contribution < 1.29 is 23.8 Å². The van der Waals surface area contributed by atoms with Gasteiger partial charge in [-0.25, -0.2) is 9.59 Å². The molecule has 0 aliphatic rings. The number of hydrogen-bond donors (Lipinski definition) is 0. The summed E-state index contributed by atoms with van der Waals surface area (Å²) in [7, 11) is 1.56. The fourth-order valence-corrected chi connectivity index (χ4v) is 3.22. The van der Waals surface area contributed by atoms with E-state index in [1.807, 2.05) is 34.7 Å². The highest BCUT2D eigenvalue weighted by Gasteiger charge is 2.14. The molecule has 5 nitrogen and oxygen atoms in total. The lowest BCUT2D eigenvalue weighted by molar-refractivity contribution is 0.0718. The summed E-state index contributed by atoms with van der Waals surface area (Å²) in [5.74, 6) is 0.484. The van der Waals surface area contributed by atoms with Gasteiger partial charge in [0.15, 0.2) is 0 Å². The van der Waals surface area contributed by atoms with Crippen LogP contribution in [0.25, 0.3) is 0 Å². The second kappa shape index (κ2) is 9.37. The third-order valence-electron chi connectivity index (χ3n) is 3.72. The van der Waals surface area contributed by atoms with E-state index in [1.54, 1.807) is 61.7 Å². The minimum Gasteiger partial charge on any atom is -0.497 e. The van der Waals surface area contributed by atoms with Crippen molar-refractivity contribution in [1.29, 1.82) is 0 Å². The molecular formula is C21H14I2O5. The van der Waals surface area contributed by atoms with E-state index in [0.29, 0.717) is 31.9 Å². The number of esters is 2. The summed E-state index contributed by atoms with van der Waals surface area (Å²) in [5, 5.41) is 0. The molecule has 0 bridgehead atoms.